The van der Waals surface area contributed by atoms with Gasteiger partial charge in [-0.3, -0.25) is 19.4 Å². The Morgan fingerprint density at radius 2 is 1.10 bits per heavy atom. The number of carbonyl (C=O) groups excluding carboxylic acids is 2. The summed E-state index contributed by atoms with van der Waals surface area (Å²) in [5.74, 6) is 0.540. The molecule has 8 nitrogen and oxygen atoms in total. The van der Waals surface area contributed by atoms with Crippen LogP contribution in [0.2, 0.25) is 0 Å². The lowest BCUT2D eigenvalue weighted by atomic mass is 10.0. The van der Waals surface area contributed by atoms with E-state index in [0.29, 0.717) is 33.5 Å². The summed E-state index contributed by atoms with van der Waals surface area (Å²) in [4.78, 5) is 50.5. The Labute approximate surface area is 237 Å². The number of hydrogen-bond donors (Lipinski definition) is 0. The molecule has 0 fully saturated rings. The van der Waals surface area contributed by atoms with Gasteiger partial charge in [-0.15, -0.1) is 22.7 Å². The van der Waals surface area contributed by atoms with Crippen molar-refractivity contribution < 1.29 is 9.59 Å². The number of thiazole rings is 2. The van der Waals surface area contributed by atoms with Gasteiger partial charge in [0.2, 0.25) is 0 Å². The normalized spacial score (nSPS) is 14.4. The van der Waals surface area contributed by atoms with Crippen LogP contribution in [0, 0.1) is 13.8 Å². The van der Waals surface area contributed by atoms with Crippen molar-refractivity contribution in [2.45, 2.75) is 13.8 Å². The number of amides is 2. The Bertz CT molecular complexity index is 1990. The van der Waals surface area contributed by atoms with Crippen LogP contribution in [0.15, 0.2) is 60.9 Å². The summed E-state index contributed by atoms with van der Waals surface area (Å²) in [6.45, 7) is 3.99. The first-order valence-electron chi connectivity index (χ1n) is 12.6. The van der Waals surface area contributed by atoms with Crippen molar-refractivity contribution >= 4 is 57.3 Å². The van der Waals surface area contributed by atoms with Crippen LogP contribution in [0.1, 0.15) is 21.7 Å². The summed E-state index contributed by atoms with van der Waals surface area (Å²) in [5, 5.41) is 2.87. The molecule has 0 N–H and O–H groups in total. The topological polar surface area (TPSA) is 92.2 Å². The highest BCUT2D eigenvalue weighted by Crippen LogP contribution is 2.35. The van der Waals surface area contributed by atoms with Crippen LogP contribution < -0.4 is 20.5 Å². The standard InChI is InChI=1S/C30H22N6O2S2/c1-15-5-7-17(8-6-15)22-24-26(35(3)29(22)37)34-25-23(30(38)36(4)27(25)33-24)18-9-11-19(12-10-18)28-32-14-21(40-28)20-13-31-16(2)39-20/h5-14H,1-4H3. The van der Waals surface area contributed by atoms with Gasteiger partial charge in [0.25, 0.3) is 11.8 Å². The summed E-state index contributed by atoms with van der Waals surface area (Å²) >= 11 is 3.25. The maximum absolute atomic E-state index is 13.5. The number of nitrogens with zero attached hydrogens (tertiary/aromatic N) is 6. The van der Waals surface area contributed by atoms with E-state index in [1.807, 2.05) is 74.8 Å². The maximum Gasteiger partial charge on any atom is 0.262 e. The van der Waals surface area contributed by atoms with Gasteiger partial charge in [-0.1, -0.05) is 54.1 Å². The first-order valence-corrected chi connectivity index (χ1v) is 14.2. The Morgan fingerprint density at radius 3 is 1.62 bits per heavy atom. The average molecular weight is 563 g/mol. The number of likely N-dealkylation sites (N-methyl/N-ethyl adjacent to an activating group) is 2. The third-order valence-corrected chi connectivity index (χ3v) is 9.29. The van der Waals surface area contributed by atoms with Crippen LogP contribution in [0.5, 0.6) is 0 Å². The van der Waals surface area contributed by atoms with Crippen molar-refractivity contribution in [3.63, 3.8) is 0 Å². The third kappa shape index (κ3) is 3.71. The second-order valence-electron chi connectivity index (χ2n) is 9.76. The lowest BCUT2D eigenvalue weighted by Gasteiger charge is -2.11. The predicted octanol–water partition coefficient (Wildman–Crippen LogP) is 3.69. The molecule has 10 heteroatoms. The van der Waals surface area contributed by atoms with Gasteiger partial charge in [-0.25, -0.2) is 19.9 Å². The Balaban J connectivity index is 1.32. The summed E-state index contributed by atoms with van der Waals surface area (Å²) in [5.41, 5.74) is 4.52. The van der Waals surface area contributed by atoms with Gasteiger partial charge in [0.05, 0.1) is 25.9 Å². The average Bonchev–Trinajstić information content (AvgIpc) is 3.72. The van der Waals surface area contributed by atoms with E-state index in [9.17, 15) is 9.59 Å². The maximum atomic E-state index is 13.5. The molecule has 5 aromatic rings. The summed E-state index contributed by atoms with van der Waals surface area (Å²) in [6, 6.07) is 15.5. The molecule has 2 amide bonds. The van der Waals surface area contributed by atoms with Gasteiger partial charge in [0.1, 0.15) is 15.7 Å². The quantitative estimate of drug-likeness (QED) is 0.332. The van der Waals surface area contributed by atoms with E-state index in [4.69, 9.17) is 9.97 Å². The van der Waals surface area contributed by atoms with E-state index in [-0.39, 0.29) is 11.8 Å². The van der Waals surface area contributed by atoms with Crippen molar-refractivity contribution in [1.82, 2.24) is 19.9 Å². The highest BCUT2D eigenvalue weighted by atomic mass is 32.1. The van der Waals surface area contributed by atoms with Crippen molar-refractivity contribution in [2.24, 2.45) is 0 Å². The second kappa shape index (κ2) is 9.00. The van der Waals surface area contributed by atoms with Gasteiger partial charge in [-0.2, -0.15) is 0 Å². The number of rotatable bonds is 4. The van der Waals surface area contributed by atoms with Gasteiger partial charge < -0.3 is 0 Å². The number of aromatic nitrogens is 4. The van der Waals surface area contributed by atoms with Gasteiger partial charge >= 0.3 is 0 Å². The van der Waals surface area contributed by atoms with Crippen molar-refractivity contribution in [3.05, 3.63) is 93.3 Å². The van der Waals surface area contributed by atoms with Crippen LogP contribution in [0.4, 0.5) is 11.6 Å². The molecular weight excluding hydrogens is 541 g/mol. The van der Waals surface area contributed by atoms with E-state index in [0.717, 1.165) is 42.0 Å². The molecule has 196 valence electrons. The van der Waals surface area contributed by atoms with Crippen molar-refractivity contribution in [2.75, 3.05) is 23.9 Å². The Hall–Kier alpha value is -4.54. The largest absolute Gasteiger partial charge is 0.294 e. The lowest BCUT2D eigenvalue weighted by Crippen LogP contribution is -2.29. The highest BCUT2D eigenvalue weighted by Gasteiger charge is 2.35. The molecule has 0 radical (unpaired) electrons. The fourth-order valence-corrected chi connectivity index (χ4v) is 6.73. The van der Waals surface area contributed by atoms with Crippen LogP contribution in [0.25, 0.3) is 31.5 Å². The SMILES string of the molecule is Cc1ccc(C2=c3nc4c(nc3N(C)C2=O)=C(c2ccc(-c3ncc(-c5cnc(C)s5)s3)cc2)C(=O)N4C)cc1. The minimum absolute atomic E-state index is 0.168. The van der Waals surface area contributed by atoms with E-state index in [1.54, 1.807) is 36.8 Å². The molecule has 5 heterocycles. The van der Waals surface area contributed by atoms with Gasteiger partial charge in [-0.05, 0) is 25.0 Å². The zero-order chi connectivity index (χ0) is 27.7. The van der Waals surface area contributed by atoms with Crippen LogP contribution in [0.3, 0.4) is 0 Å². The molecule has 2 aliphatic rings. The summed E-state index contributed by atoms with van der Waals surface area (Å²) in [6.07, 6.45) is 3.75. The number of aryl methyl sites for hydroxylation is 2. The minimum Gasteiger partial charge on any atom is -0.294 e. The molecule has 0 saturated heterocycles. The number of benzene rings is 2. The molecule has 2 aliphatic heterocycles. The second-order valence-corrected chi connectivity index (χ2v) is 12.0. The zero-order valence-corrected chi connectivity index (χ0v) is 23.7. The zero-order valence-electron chi connectivity index (χ0n) is 22.1. The molecule has 3 aromatic heterocycles. The van der Waals surface area contributed by atoms with Crippen LogP contribution in [-0.2, 0) is 9.59 Å². The molecule has 0 atom stereocenters. The molecule has 0 unspecified atom stereocenters. The fourth-order valence-electron chi connectivity index (χ4n) is 4.97. The van der Waals surface area contributed by atoms with Crippen molar-refractivity contribution in [1.29, 1.82) is 0 Å². The monoisotopic (exact) mass is 562 g/mol. The molecular formula is C30H22N6O2S2. The van der Waals surface area contributed by atoms with Crippen molar-refractivity contribution in [3.8, 4) is 20.3 Å². The number of carbonyl (C=O) groups is 2. The minimum atomic E-state index is -0.186. The number of fused-ring (bicyclic) bond motifs is 2. The van der Waals surface area contributed by atoms with Gasteiger partial charge in [0, 0.05) is 32.1 Å². The van der Waals surface area contributed by atoms with Crippen LogP contribution in [-0.4, -0.2) is 45.8 Å². The third-order valence-electron chi connectivity index (χ3n) is 7.14. The number of anilines is 2. The highest BCUT2D eigenvalue weighted by molar-refractivity contribution is 7.23. The van der Waals surface area contributed by atoms with E-state index in [2.05, 4.69) is 9.97 Å². The molecule has 0 aliphatic carbocycles. The Morgan fingerprint density at radius 1 is 0.625 bits per heavy atom. The predicted molar refractivity (Wildman–Crippen MR) is 158 cm³/mol. The molecule has 2 aromatic carbocycles. The van der Waals surface area contributed by atoms with E-state index < -0.39 is 0 Å². The molecule has 7 rings (SSSR count). The molecule has 0 spiro atoms. The fraction of sp³-hybridized carbons (Fsp3) is 0.133. The molecule has 40 heavy (non-hydrogen) atoms. The lowest BCUT2D eigenvalue weighted by molar-refractivity contribution is -0.113. The smallest absolute Gasteiger partial charge is 0.262 e. The first-order chi connectivity index (χ1) is 19.3. The van der Waals surface area contributed by atoms with Crippen LogP contribution >= 0.6 is 22.7 Å². The van der Waals surface area contributed by atoms with Gasteiger partial charge in [0.15, 0.2) is 11.6 Å². The Kier molecular flexibility index (Phi) is 5.51. The first kappa shape index (κ1) is 24.5. The van der Waals surface area contributed by atoms with E-state index in [1.165, 1.54) is 9.80 Å². The molecule has 0 bridgehead atoms. The van der Waals surface area contributed by atoms with E-state index >= 15 is 0 Å². The summed E-state index contributed by atoms with van der Waals surface area (Å²) < 4.78 is 0. The number of hydrogen-bond acceptors (Lipinski definition) is 8. The molecule has 0 saturated carbocycles. The summed E-state index contributed by atoms with van der Waals surface area (Å²) in [7, 11) is 3.38.